The summed E-state index contributed by atoms with van der Waals surface area (Å²) in [6, 6.07) is 13.4. The Labute approximate surface area is 166 Å². The normalized spacial score (nSPS) is 20.9. The van der Waals surface area contributed by atoms with Gasteiger partial charge in [-0.2, -0.15) is 0 Å². The lowest BCUT2D eigenvalue weighted by Gasteiger charge is -2.37. The van der Waals surface area contributed by atoms with Crippen LogP contribution in [0.3, 0.4) is 0 Å². The first-order valence-corrected chi connectivity index (χ1v) is 10.5. The van der Waals surface area contributed by atoms with E-state index < -0.39 is 6.04 Å². The van der Waals surface area contributed by atoms with E-state index in [2.05, 4.69) is 5.32 Å². The monoisotopic (exact) mass is 379 g/mol. The first-order valence-electron chi connectivity index (χ1n) is 10.5. The van der Waals surface area contributed by atoms with Gasteiger partial charge in [0.1, 0.15) is 6.54 Å². The van der Waals surface area contributed by atoms with Crippen molar-refractivity contribution < 1.29 is 9.59 Å². The number of fused-ring (bicyclic) bond motifs is 1. The number of carbonyl (C=O) groups excluding carboxylic acids is 2. The van der Waals surface area contributed by atoms with Crippen LogP contribution in [0.25, 0.3) is 0 Å². The summed E-state index contributed by atoms with van der Waals surface area (Å²) >= 11 is 0. The number of hydrogen-bond donors (Lipinski definition) is 1. The minimum Gasteiger partial charge on any atom is -0.351 e. The fraction of sp³-hybridized carbons (Fsp3) is 0.478. The molecule has 1 fully saturated rings. The molecule has 0 bridgehead atoms. The van der Waals surface area contributed by atoms with Crippen LogP contribution in [-0.2, 0) is 22.7 Å². The lowest BCUT2D eigenvalue weighted by molar-refractivity contribution is -0.144. The Kier molecular flexibility index (Phi) is 5.79. The molecule has 1 atom stereocenters. The van der Waals surface area contributed by atoms with Gasteiger partial charge in [0.15, 0.2) is 6.04 Å². The highest BCUT2D eigenvalue weighted by atomic mass is 16.2. The summed E-state index contributed by atoms with van der Waals surface area (Å²) in [6.07, 6.45) is 10.1. The Bertz CT molecular complexity index is 806. The van der Waals surface area contributed by atoms with E-state index in [1.807, 2.05) is 53.2 Å². The van der Waals surface area contributed by atoms with Gasteiger partial charge in [0, 0.05) is 18.8 Å². The molecule has 1 aliphatic heterocycles. The minimum absolute atomic E-state index is 0.00892. The molecule has 0 spiro atoms. The molecule has 5 nitrogen and oxygen atoms in total. The maximum atomic E-state index is 13.4. The third kappa shape index (κ3) is 4.13. The Hall–Kier alpha value is -2.56. The number of rotatable bonds is 4. The summed E-state index contributed by atoms with van der Waals surface area (Å²) in [5.74, 6) is -0.0557. The molecule has 28 heavy (non-hydrogen) atoms. The molecule has 1 saturated carbocycles. The fourth-order valence-corrected chi connectivity index (χ4v) is 4.48. The van der Waals surface area contributed by atoms with Gasteiger partial charge in [-0.05, 0) is 30.5 Å². The molecule has 1 N–H and O–H groups in total. The highest BCUT2D eigenvalue weighted by Crippen LogP contribution is 2.29. The van der Waals surface area contributed by atoms with Crippen LogP contribution in [0.1, 0.15) is 62.2 Å². The zero-order valence-corrected chi connectivity index (χ0v) is 16.3. The molecule has 1 aromatic carbocycles. The number of carbonyl (C=O) groups is 2. The standard InChI is InChI=1S/C23H29N3O2/c27-21-17-25-15-9-14-20(25)22(26(21)16-18-10-5-4-6-11-18)23(28)24-19-12-7-2-1-3-8-13-19/h4-6,9-11,14-15,19,22H,1-3,7-8,12-13,16-17H2,(H,24,28)/t22-/m0/s1. The molecule has 4 rings (SSSR count). The van der Waals surface area contributed by atoms with Crippen LogP contribution in [0.4, 0.5) is 0 Å². The summed E-state index contributed by atoms with van der Waals surface area (Å²) in [5.41, 5.74) is 1.94. The molecule has 1 aliphatic carbocycles. The van der Waals surface area contributed by atoms with E-state index >= 15 is 0 Å². The average molecular weight is 380 g/mol. The summed E-state index contributed by atoms with van der Waals surface area (Å²) in [6.45, 7) is 0.746. The van der Waals surface area contributed by atoms with Crippen molar-refractivity contribution in [3.05, 3.63) is 59.9 Å². The summed E-state index contributed by atoms with van der Waals surface area (Å²) in [5, 5.41) is 3.28. The predicted octanol–water partition coefficient (Wildman–Crippen LogP) is 3.80. The quantitative estimate of drug-likeness (QED) is 0.878. The maximum absolute atomic E-state index is 13.4. The second kappa shape index (κ2) is 8.63. The molecule has 2 amide bonds. The molecule has 148 valence electrons. The van der Waals surface area contributed by atoms with Crippen LogP contribution in [0.5, 0.6) is 0 Å². The van der Waals surface area contributed by atoms with Gasteiger partial charge >= 0.3 is 0 Å². The minimum atomic E-state index is -0.568. The smallest absolute Gasteiger partial charge is 0.249 e. The third-order valence-corrected chi connectivity index (χ3v) is 5.98. The fourth-order valence-electron chi connectivity index (χ4n) is 4.48. The highest BCUT2D eigenvalue weighted by Gasteiger charge is 2.37. The van der Waals surface area contributed by atoms with Crippen molar-refractivity contribution in [2.45, 2.75) is 70.1 Å². The van der Waals surface area contributed by atoms with Gasteiger partial charge in [0.05, 0.1) is 5.69 Å². The van der Waals surface area contributed by atoms with E-state index in [1.165, 1.54) is 32.1 Å². The van der Waals surface area contributed by atoms with Crippen LogP contribution in [-0.4, -0.2) is 27.3 Å². The van der Waals surface area contributed by atoms with E-state index in [-0.39, 0.29) is 17.9 Å². The average Bonchev–Trinajstić information content (AvgIpc) is 3.12. The Balaban J connectivity index is 1.56. The van der Waals surface area contributed by atoms with Crippen molar-refractivity contribution >= 4 is 11.8 Å². The van der Waals surface area contributed by atoms with Crippen molar-refractivity contribution in [1.82, 2.24) is 14.8 Å². The van der Waals surface area contributed by atoms with Crippen molar-refractivity contribution in [3.8, 4) is 0 Å². The van der Waals surface area contributed by atoms with Crippen molar-refractivity contribution in [3.63, 3.8) is 0 Å². The number of nitrogens with one attached hydrogen (secondary N) is 1. The predicted molar refractivity (Wildman–Crippen MR) is 108 cm³/mol. The van der Waals surface area contributed by atoms with E-state index in [1.54, 1.807) is 4.90 Å². The second-order valence-corrected chi connectivity index (χ2v) is 8.02. The molecule has 0 unspecified atom stereocenters. The Morgan fingerprint density at radius 3 is 2.43 bits per heavy atom. The van der Waals surface area contributed by atoms with Gasteiger partial charge in [0.2, 0.25) is 11.8 Å². The molecular weight excluding hydrogens is 350 g/mol. The van der Waals surface area contributed by atoms with E-state index in [4.69, 9.17) is 0 Å². The molecule has 2 heterocycles. The summed E-state index contributed by atoms with van der Waals surface area (Å²) in [4.78, 5) is 28.0. The first-order chi connectivity index (χ1) is 13.7. The van der Waals surface area contributed by atoms with E-state index in [9.17, 15) is 9.59 Å². The van der Waals surface area contributed by atoms with Crippen LogP contribution in [0, 0.1) is 0 Å². The van der Waals surface area contributed by atoms with Gasteiger partial charge in [-0.25, -0.2) is 0 Å². The van der Waals surface area contributed by atoms with Crippen LogP contribution < -0.4 is 5.32 Å². The number of nitrogens with zero attached hydrogens (tertiary/aromatic N) is 2. The van der Waals surface area contributed by atoms with E-state index in [0.29, 0.717) is 13.1 Å². The zero-order chi connectivity index (χ0) is 19.3. The molecule has 2 aliphatic rings. The number of hydrogen-bond acceptors (Lipinski definition) is 2. The number of amides is 2. The molecule has 2 aromatic rings. The zero-order valence-electron chi connectivity index (χ0n) is 16.3. The van der Waals surface area contributed by atoms with Crippen molar-refractivity contribution in [1.29, 1.82) is 0 Å². The second-order valence-electron chi connectivity index (χ2n) is 8.02. The largest absolute Gasteiger partial charge is 0.351 e. The van der Waals surface area contributed by atoms with Gasteiger partial charge in [-0.1, -0.05) is 62.4 Å². The lowest BCUT2D eigenvalue weighted by atomic mass is 9.96. The first kappa shape index (κ1) is 18.8. The van der Waals surface area contributed by atoms with Crippen LogP contribution in [0.15, 0.2) is 48.7 Å². The van der Waals surface area contributed by atoms with E-state index in [0.717, 1.165) is 24.1 Å². The van der Waals surface area contributed by atoms with Gasteiger partial charge in [0.25, 0.3) is 0 Å². The summed E-state index contributed by atoms with van der Waals surface area (Å²) < 4.78 is 1.91. The summed E-state index contributed by atoms with van der Waals surface area (Å²) in [7, 11) is 0. The molecule has 0 radical (unpaired) electrons. The van der Waals surface area contributed by atoms with Gasteiger partial charge in [-0.15, -0.1) is 0 Å². The van der Waals surface area contributed by atoms with Gasteiger partial charge in [-0.3, -0.25) is 9.59 Å². The number of benzene rings is 1. The van der Waals surface area contributed by atoms with Gasteiger partial charge < -0.3 is 14.8 Å². The van der Waals surface area contributed by atoms with Crippen LogP contribution in [0.2, 0.25) is 0 Å². The molecular formula is C23H29N3O2. The Morgan fingerprint density at radius 2 is 1.68 bits per heavy atom. The van der Waals surface area contributed by atoms with Crippen LogP contribution >= 0.6 is 0 Å². The molecule has 0 saturated heterocycles. The Morgan fingerprint density at radius 1 is 0.964 bits per heavy atom. The third-order valence-electron chi connectivity index (χ3n) is 5.98. The maximum Gasteiger partial charge on any atom is 0.249 e. The van der Waals surface area contributed by atoms with Crippen molar-refractivity contribution in [2.24, 2.45) is 0 Å². The number of aromatic nitrogens is 1. The lowest BCUT2D eigenvalue weighted by Crippen LogP contribution is -2.50. The topological polar surface area (TPSA) is 54.3 Å². The highest BCUT2D eigenvalue weighted by molar-refractivity contribution is 5.90. The molecule has 1 aromatic heterocycles. The SMILES string of the molecule is O=C(NC1CCCCCCC1)[C@@H]1c2cccn2CC(=O)N1Cc1ccccc1. The molecule has 5 heteroatoms. The van der Waals surface area contributed by atoms with Crippen molar-refractivity contribution in [2.75, 3.05) is 0 Å².